The highest BCUT2D eigenvalue weighted by molar-refractivity contribution is 6.54. The molecule has 1 rings (SSSR count). The molecule has 3 heteroatoms. The van der Waals surface area contributed by atoms with Gasteiger partial charge in [-0.2, -0.15) is 0 Å². The number of hydrogen-bond donors (Lipinski definition) is 0. The van der Waals surface area contributed by atoms with Gasteiger partial charge in [-0.3, -0.25) is 0 Å². The zero-order valence-corrected chi connectivity index (χ0v) is 8.24. The van der Waals surface area contributed by atoms with Gasteiger partial charge in [-0.25, -0.2) is 4.58 Å². The van der Waals surface area contributed by atoms with Crippen LogP contribution >= 0.6 is 11.6 Å². The summed E-state index contributed by atoms with van der Waals surface area (Å²) < 4.78 is 2.21. The van der Waals surface area contributed by atoms with Crippen LogP contribution in [0.5, 0.6) is 0 Å². The maximum Gasteiger partial charge on any atom is 0.232 e. The van der Waals surface area contributed by atoms with E-state index in [0.717, 1.165) is 13.1 Å². The van der Waals surface area contributed by atoms with E-state index in [-0.39, 0.29) is 12.4 Å². The molecule has 0 amide bonds. The lowest BCUT2D eigenvalue weighted by atomic mass is 10.1. The van der Waals surface area contributed by atoms with Crippen molar-refractivity contribution in [3.05, 3.63) is 0 Å². The second kappa shape index (κ2) is 6.93. The highest BCUT2D eigenvalue weighted by Gasteiger charge is 2.06. The van der Waals surface area contributed by atoms with Crippen molar-refractivity contribution in [2.24, 2.45) is 0 Å². The average molecular weight is 196 g/mol. The summed E-state index contributed by atoms with van der Waals surface area (Å²) >= 11 is 5.61. The number of rotatable bonds is 0. The normalized spacial score (nSPS) is 19.5. The van der Waals surface area contributed by atoms with E-state index in [4.69, 9.17) is 11.6 Å². The van der Waals surface area contributed by atoms with Crippen LogP contribution in [0.1, 0.15) is 32.1 Å². The summed E-state index contributed by atoms with van der Waals surface area (Å²) in [5.41, 5.74) is 1.70. The predicted octanol–water partition coefficient (Wildman–Crippen LogP) is -0.766. The second-order valence-electron chi connectivity index (χ2n) is 2.90. The molecule has 1 heterocycles. The Labute approximate surface area is 79.8 Å². The zero-order chi connectivity index (χ0) is 7.23. The molecule has 0 atom stereocenters. The molecule has 0 bridgehead atoms. The Bertz CT molecular complexity index is 113. The minimum Gasteiger partial charge on any atom is -1.00 e. The van der Waals surface area contributed by atoms with Gasteiger partial charge in [0.15, 0.2) is 0 Å². The van der Waals surface area contributed by atoms with Crippen LogP contribution in [-0.2, 0) is 0 Å². The predicted molar refractivity (Wildman–Crippen MR) is 45.0 cm³/mol. The van der Waals surface area contributed by atoms with E-state index >= 15 is 0 Å². The van der Waals surface area contributed by atoms with Crippen molar-refractivity contribution in [3.63, 3.8) is 0 Å². The van der Waals surface area contributed by atoms with Crippen molar-refractivity contribution in [1.29, 1.82) is 0 Å². The minimum atomic E-state index is 0. The van der Waals surface area contributed by atoms with Gasteiger partial charge in [-0.15, -0.1) is 0 Å². The molecule has 0 aromatic carbocycles. The average Bonchev–Trinajstić information content (AvgIpc) is 1.87. The monoisotopic (exact) mass is 195 g/mol. The Kier molecular flexibility index (Phi) is 7.09. The smallest absolute Gasteiger partial charge is 0.232 e. The van der Waals surface area contributed by atoms with Crippen LogP contribution in [0.25, 0.3) is 0 Å². The van der Waals surface area contributed by atoms with E-state index < -0.39 is 0 Å². The van der Waals surface area contributed by atoms with Gasteiger partial charge >= 0.3 is 0 Å². The first-order chi connectivity index (χ1) is 4.93. The Morgan fingerprint density at radius 1 is 0.909 bits per heavy atom. The van der Waals surface area contributed by atoms with Gasteiger partial charge in [0.25, 0.3) is 0 Å². The van der Waals surface area contributed by atoms with E-state index in [1.807, 2.05) is 0 Å². The van der Waals surface area contributed by atoms with Crippen molar-refractivity contribution < 1.29 is 17.0 Å². The van der Waals surface area contributed by atoms with Gasteiger partial charge in [0, 0.05) is 12.8 Å². The third kappa shape index (κ3) is 4.65. The first kappa shape index (κ1) is 11.2. The van der Waals surface area contributed by atoms with Crippen molar-refractivity contribution in [1.82, 2.24) is 0 Å². The molecule has 1 nitrogen and oxygen atoms in total. The molecule has 0 spiro atoms. The highest BCUT2D eigenvalue weighted by atomic mass is 35.5. The molecule has 1 saturated heterocycles. The fourth-order valence-corrected chi connectivity index (χ4v) is 1.56. The largest absolute Gasteiger partial charge is 1.00 e. The van der Waals surface area contributed by atoms with Crippen LogP contribution in [0.15, 0.2) is 0 Å². The van der Waals surface area contributed by atoms with Crippen LogP contribution in [0.4, 0.5) is 0 Å². The maximum atomic E-state index is 5.61. The fraction of sp³-hybridized carbons (Fsp3) is 0.875. The van der Waals surface area contributed by atoms with E-state index in [1.54, 1.807) is 5.67 Å². The van der Waals surface area contributed by atoms with Crippen LogP contribution < -0.4 is 12.4 Å². The molecule has 0 radical (unpaired) electrons. The minimum absolute atomic E-state index is 0. The Morgan fingerprint density at radius 2 is 1.36 bits per heavy atom. The Morgan fingerprint density at radius 3 is 1.82 bits per heavy atom. The Hall–Kier alpha value is 0.250. The number of nitrogens with zero attached hydrogens (tertiary/aromatic N) is 1. The molecule has 0 unspecified atom stereocenters. The molecule has 11 heavy (non-hydrogen) atoms. The molecule has 0 saturated carbocycles. The highest BCUT2D eigenvalue weighted by Crippen LogP contribution is 2.06. The molecule has 1 aliphatic rings. The van der Waals surface area contributed by atoms with Crippen molar-refractivity contribution in [2.75, 3.05) is 13.1 Å². The molecule has 0 aliphatic carbocycles. The van der Waals surface area contributed by atoms with Gasteiger partial charge in [0.1, 0.15) is 13.1 Å². The molecule has 1 fully saturated rings. The van der Waals surface area contributed by atoms with Gasteiger partial charge in [0.05, 0.1) is 0 Å². The Balaban J connectivity index is 0.000001000. The fourth-order valence-electron chi connectivity index (χ4n) is 1.37. The van der Waals surface area contributed by atoms with Gasteiger partial charge < -0.3 is 12.4 Å². The second-order valence-corrected chi connectivity index (χ2v) is 3.10. The SMILES string of the molecule is ClC=[N+]1CCCCCCC1.[Cl-]. The van der Waals surface area contributed by atoms with Crippen LogP contribution in [-0.4, -0.2) is 23.3 Å². The first-order valence-corrected chi connectivity index (χ1v) is 4.55. The molecular formula is C8H15Cl2N. The van der Waals surface area contributed by atoms with Crippen LogP contribution in [0, 0.1) is 0 Å². The molecule has 0 aromatic heterocycles. The molecule has 1 aliphatic heterocycles. The van der Waals surface area contributed by atoms with E-state index in [2.05, 4.69) is 4.58 Å². The summed E-state index contributed by atoms with van der Waals surface area (Å²) in [5.74, 6) is 0. The van der Waals surface area contributed by atoms with Crippen LogP contribution in [0.3, 0.4) is 0 Å². The lowest BCUT2D eigenvalue weighted by Gasteiger charge is -2.06. The topological polar surface area (TPSA) is 3.01 Å². The van der Waals surface area contributed by atoms with Gasteiger partial charge in [0.2, 0.25) is 5.67 Å². The molecule has 0 aromatic rings. The van der Waals surface area contributed by atoms with Gasteiger partial charge in [-0.1, -0.05) is 6.42 Å². The summed E-state index contributed by atoms with van der Waals surface area (Å²) in [6.45, 7) is 2.31. The first-order valence-electron chi connectivity index (χ1n) is 4.11. The van der Waals surface area contributed by atoms with E-state index in [0.29, 0.717) is 0 Å². The van der Waals surface area contributed by atoms with E-state index in [1.165, 1.54) is 32.1 Å². The summed E-state index contributed by atoms with van der Waals surface area (Å²) in [4.78, 5) is 0. The van der Waals surface area contributed by atoms with Crippen molar-refractivity contribution in [2.45, 2.75) is 32.1 Å². The molecular weight excluding hydrogens is 181 g/mol. The third-order valence-corrected chi connectivity index (χ3v) is 2.30. The molecule has 66 valence electrons. The quantitative estimate of drug-likeness (QED) is 0.448. The third-order valence-electron chi connectivity index (χ3n) is 2.03. The molecule has 0 N–H and O–H groups in total. The van der Waals surface area contributed by atoms with E-state index in [9.17, 15) is 0 Å². The standard InChI is InChI=1S/C8H15ClN.ClH/c9-8-10-6-4-2-1-3-5-7-10;/h8H,1-7H2;1H/q+1;/p-1. The van der Waals surface area contributed by atoms with Crippen molar-refractivity contribution >= 4 is 17.3 Å². The zero-order valence-electron chi connectivity index (χ0n) is 6.73. The lowest BCUT2D eigenvalue weighted by molar-refractivity contribution is -0.523. The maximum absolute atomic E-state index is 5.61. The number of hydrogen-bond acceptors (Lipinski definition) is 0. The summed E-state index contributed by atoms with van der Waals surface area (Å²) in [7, 11) is 0. The summed E-state index contributed by atoms with van der Waals surface area (Å²) in [5, 5.41) is 0. The van der Waals surface area contributed by atoms with Crippen LogP contribution in [0.2, 0.25) is 0 Å². The van der Waals surface area contributed by atoms with Gasteiger partial charge in [-0.05, 0) is 24.4 Å². The van der Waals surface area contributed by atoms with Crippen molar-refractivity contribution in [3.8, 4) is 0 Å². The number of halogens is 2. The summed E-state index contributed by atoms with van der Waals surface area (Å²) in [6.07, 6.45) is 6.78. The lowest BCUT2D eigenvalue weighted by Crippen LogP contribution is -3.00. The summed E-state index contributed by atoms with van der Waals surface area (Å²) in [6, 6.07) is 0.